The number of carbonyl (C=O) groups excluding carboxylic acids is 3. The number of amides is 2. The Balaban J connectivity index is 1.75. The molecule has 1 unspecified atom stereocenters. The van der Waals surface area contributed by atoms with Crippen molar-refractivity contribution in [3.63, 3.8) is 0 Å². The van der Waals surface area contributed by atoms with Gasteiger partial charge in [0.05, 0.1) is 34.2 Å². The van der Waals surface area contributed by atoms with E-state index in [1.54, 1.807) is 46.3 Å². The van der Waals surface area contributed by atoms with E-state index in [-0.39, 0.29) is 43.8 Å². The number of fused-ring (bicyclic) bond motifs is 1. The highest BCUT2D eigenvalue weighted by Crippen LogP contribution is 2.45. The first kappa shape index (κ1) is 32.3. The second-order valence-corrected chi connectivity index (χ2v) is 11.9. The summed E-state index contributed by atoms with van der Waals surface area (Å²) in [5, 5.41) is 10.5. The Morgan fingerprint density at radius 2 is 1.86 bits per heavy atom. The molecule has 0 saturated carbocycles. The van der Waals surface area contributed by atoms with E-state index in [0.717, 1.165) is 0 Å². The number of hydrogen-bond donors (Lipinski definition) is 1. The number of halogens is 1. The molecule has 0 fully saturated rings. The van der Waals surface area contributed by atoms with Crippen molar-refractivity contribution in [2.24, 2.45) is 11.3 Å². The van der Waals surface area contributed by atoms with Crippen LogP contribution in [0.2, 0.25) is 5.02 Å². The van der Waals surface area contributed by atoms with Gasteiger partial charge < -0.3 is 33.9 Å². The molecule has 232 valence electrons. The molecule has 2 aromatic carbocycles. The zero-order valence-electron chi connectivity index (χ0n) is 25.2. The summed E-state index contributed by atoms with van der Waals surface area (Å²) < 4.78 is 22.6. The van der Waals surface area contributed by atoms with Gasteiger partial charge >= 0.3 is 5.97 Å². The molecular formula is C32H39ClN2O8. The summed E-state index contributed by atoms with van der Waals surface area (Å²) in [5.74, 6) is -0.143. The lowest BCUT2D eigenvalue weighted by atomic mass is 9.92. The summed E-state index contributed by atoms with van der Waals surface area (Å²) in [6, 6.07) is 10.6. The average Bonchev–Trinajstić information content (AvgIpc) is 3.10. The van der Waals surface area contributed by atoms with Crippen LogP contribution in [-0.4, -0.2) is 74.9 Å². The SMILES string of the molecule is COC(=O)CC1C=CN(C(=O)C[C@H]2O[C@H](c3cccc(OC)c3OC)c3cc(Cl)ccc3N(CC(C)(C)CO)C2=O)CC1. The van der Waals surface area contributed by atoms with Crippen LogP contribution >= 0.6 is 11.6 Å². The van der Waals surface area contributed by atoms with Crippen molar-refractivity contribution in [1.82, 2.24) is 4.90 Å². The lowest BCUT2D eigenvalue weighted by Gasteiger charge is -2.33. The van der Waals surface area contributed by atoms with Crippen molar-refractivity contribution in [2.45, 2.75) is 45.3 Å². The van der Waals surface area contributed by atoms with Gasteiger partial charge in [0.2, 0.25) is 5.91 Å². The Labute approximate surface area is 257 Å². The number of aliphatic hydroxyl groups is 1. The maximum absolute atomic E-state index is 14.3. The van der Waals surface area contributed by atoms with Gasteiger partial charge in [-0.25, -0.2) is 0 Å². The fraction of sp³-hybridized carbons (Fsp3) is 0.469. The van der Waals surface area contributed by atoms with Crippen molar-refractivity contribution >= 4 is 35.1 Å². The Kier molecular flexibility index (Phi) is 10.4. The van der Waals surface area contributed by atoms with Gasteiger partial charge in [0, 0.05) is 53.1 Å². The molecule has 0 radical (unpaired) electrons. The summed E-state index contributed by atoms with van der Waals surface area (Å²) in [4.78, 5) is 42.6. The van der Waals surface area contributed by atoms with E-state index in [1.807, 2.05) is 26.0 Å². The number of anilines is 1. The quantitative estimate of drug-likeness (QED) is 0.389. The maximum Gasteiger partial charge on any atom is 0.306 e. The molecule has 10 nitrogen and oxygen atoms in total. The second kappa shape index (κ2) is 13.8. The molecule has 0 bridgehead atoms. The Morgan fingerprint density at radius 1 is 1.09 bits per heavy atom. The van der Waals surface area contributed by atoms with E-state index in [9.17, 15) is 19.5 Å². The number of ether oxygens (including phenoxy) is 4. The first-order valence-electron chi connectivity index (χ1n) is 14.1. The molecule has 2 amide bonds. The zero-order chi connectivity index (χ0) is 31.3. The van der Waals surface area contributed by atoms with Gasteiger partial charge in [-0.1, -0.05) is 43.7 Å². The molecular weight excluding hydrogens is 576 g/mol. The fourth-order valence-corrected chi connectivity index (χ4v) is 5.54. The number of benzene rings is 2. The van der Waals surface area contributed by atoms with Crippen molar-refractivity contribution in [3.05, 3.63) is 64.8 Å². The third kappa shape index (κ3) is 7.31. The summed E-state index contributed by atoms with van der Waals surface area (Å²) >= 11 is 6.48. The molecule has 4 rings (SSSR count). The van der Waals surface area contributed by atoms with E-state index in [4.69, 9.17) is 30.5 Å². The van der Waals surface area contributed by atoms with E-state index in [0.29, 0.717) is 46.3 Å². The highest BCUT2D eigenvalue weighted by Gasteiger charge is 2.41. The van der Waals surface area contributed by atoms with E-state index >= 15 is 0 Å². The zero-order valence-corrected chi connectivity index (χ0v) is 25.9. The number of aliphatic hydroxyl groups excluding tert-OH is 1. The molecule has 3 atom stereocenters. The fourth-order valence-electron chi connectivity index (χ4n) is 5.36. The molecule has 0 spiro atoms. The number of hydrogen-bond acceptors (Lipinski definition) is 8. The molecule has 1 N–H and O–H groups in total. The van der Waals surface area contributed by atoms with Crippen molar-refractivity contribution < 1.29 is 38.4 Å². The van der Waals surface area contributed by atoms with Crippen LogP contribution in [0.5, 0.6) is 11.5 Å². The van der Waals surface area contributed by atoms with Gasteiger partial charge in [-0.2, -0.15) is 0 Å². The monoisotopic (exact) mass is 614 g/mol. The number of nitrogens with zero attached hydrogens (tertiary/aromatic N) is 2. The summed E-state index contributed by atoms with van der Waals surface area (Å²) in [6.07, 6.45) is 2.04. The molecule has 2 aliphatic rings. The molecule has 0 aliphatic carbocycles. The number of para-hydroxylation sites is 1. The first-order valence-corrected chi connectivity index (χ1v) is 14.5. The largest absolute Gasteiger partial charge is 0.493 e. The molecule has 2 aliphatic heterocycles. The molecule has 11 heteroatoms. The van der Waals surface area contributed by atoms with Crippen molar-refractivity contribution in [2.75, 3.05) is 45.9 Å². The highest BCUT2D eigenvalue weighted by molar-refractivity contribution is 6.30. The minimum atomic E-state index is -1.17. The van der Waals surface area contributed by atoms with Gasteiger partial charge in [0.15, 0.2) is 11.5 Å². The van der Waals surface area contributed by atoms with Crippen LogP contribution in [0.4, 0.5) is 5.69 Å². The second-order valence-electron chi connectivity index (χ2n) is 11.5. The number of carbonyl (C=O) groups is 3. The van der Waals surface area contributed by atoms with E-state index in [1.165, 1.54) is 21.3 Å². The van der Waals surface area contributed by atoms with Crippen molar-refractivity contribution in [3.8, 4) is 11.5 Å². The number of allylic oxidation sites excluding steroid dienone is 1. The standard InChI is InChI=1S/C32H39ClN2O8/c1-32(2,19-36)18-35-24-10-9-21(33)16-23(24)29(22-7-6-8-25(40-3)30(22)42-5)43-26(31(35)39)17-27(37)34-13-11-20(12-14-34)15-28(38)41-4/h6-11,13,16,20,26,29,36H,12,14-15,17-19H2,1-5H3/t20?,26-,29-/m1/s1. The summed E-state index contributed by atoms with van der Waals surface area (Å²) in [6.45, 7) is 4.11. The Bertz CT molecular complexity index is 1380. The van der Waals surface area contributed by atoms with Crippen molar-refractivity contribution in [1.29, 1.82) is 0 Å². The van der Waals surface area contributed by atoms with Crippen LogP contribution in [0.1, 0.15) is 50.3 Å². The molecule has 2 heterocycles. The lowest BCUT2D eigenvalue weighted by molar-refractivity contribution is -0.142. The van der Waals surface area contributed by atoms with Crippen LogP contribution in [-0.2, 0) is 23.9 Å². The van der Waals surface area contributed by atoms with Crippen LogP contribution in [0.15, 0.2) is 48.7 Å². The Hall–Kier alpha value is -3.60. The smallest absolute Gasteiger partial charge is 0.306 e. The summed E-state index contributed by atoms with van der Waals surface area (Å²) in [7, 11) is 4.40. The van der Waals surface area contributed by atoms with Crippen LogP contribution in [0, 0.1) is 11.3 Å². The first-order chi connectivity index (χ1) is 20.5. The average molecular weight is 615 g/mol. The highest BCUT2D eigenvalue weighted by atomic mass is 35.5. The van der Waals surface area contributed by atoms with Crippen LogP contribution < -0.4 is 14.4 Å². The minimum absolute atomic E-state index is 0.0346. The van der Waals surface area contributed by atoms with Crippen LogP contribution in [0.3, 0.4) is 0 Å². The number of rotatable bonds is 10. The van der Waals surface area contributed by atoms with Gasteiger partial charge in [-0.05, 0) is 36.6 Å². The van der Waals surface area contributed by atoms with Gasteiger partial charge in [-0.3, -0.25) is 14.4 Å². The van der Waals surface area contributed by atoms with E-state index in [2.05, 4.69) is 0 Å². The molecule has 0 aromatic heterocycles. The summed E-state index contributed by atoms with van der Waals surface area (Å²) in [5.41, 5.74) is 1.12. The normalized spacial score (nSPS) is 20.3. The maximum atomic E-state index is 14.3. The molecule has 43 heavy (non-hydrogen) atoms. The van der Waals surface area contributed by atoms with E-state index < -0.39 is 23.5 Å². The minimum Gasteiger partial charge on any atom is -0.493 e. The van der Waals surface area contributed by atoms with Gasteiger partial charge in [-0.15, -0.1) is 0 Å². The third-order valence-electron chi connectivity index (χ3n) is 7.75. The number of esters is 1. The molecule has 2 aromatic rings. The van der Waals surface area contributed by atoms with Gasteiger partial charge in [0.1, 0.15) is 12.2 Å². The predicted molar refractivity (Wildman–Crippen MR) is 161 cm³/mol. The Morgan fingerprint density at radius 3 is 2.49 bits per heavy atom. The third-order valence-corrected chi connectivity index (χ3v) is 7.99. The predicted octanol–water partition coefficient (Wildman–Crippen LogP) is 4.51. The topological polar surface area (TPSA) is 115 Å². The van der Waals surface area contributed by atoms with Crippen LogP contribution in [0.25, 0.3) is 0 Å². The molecule has 0 saturated heterocycles. The lowest BCUT2D eigenvalue weighted by Crippen LogP contribution is -2.46. The van der Waals surface area contributed by atoms with Gasteiger partial charge in [0.25, 0.3) is 5.91 Å². The number of methoxy groups -OCH3 is 3.